The lowest BCUT2D eigenvalue weighted by molar-refractivity contribution is 0.128. The van der Waals surface area contributed by atoms with E-state index in [1.165, 1.54) is 17.7 Å². The molecule has 0 spiro atoms. The SMILES string of the molecule is CC(N)C(SCC1CCCO1)c1ccc(Cl)s1. The van der Waals surface area contributed by atoms with E-state index >= 15 is 0 Å². The first-order valence-corrected chi connectivity index (χ1v) is 8.15. The van der Waals surface area contributed by atoms with Crippen LogP contribution in [0, 0.1) is 0 Å². The summed E-state index contributed by atoms with van der Waals surface area (Å²) in [7, 11) is 0. The maximum absolute atomic E-state index is 6.06. The standard InChI is InChI=1S/C12H18ClNOS2/c1-8(14)12(10-4-5-11(13)17-10)16-7-9-3-2-6-15-9/h4-5,8-9,12H,2-3,6-7,14H2,1H3. The summed E-state index contributed by atoms with van der Waals surface area (Å²) in [5.74, 6) is 1.03. The molecule has 2 N–H and O–H groups in total. The van der Waals surface area contributed by atoms with E-state index in [4.69, 9.17) is 22.1 Å². The van der Waals surface area contributed by atoms with Crippen LogP contribution >= 0.6 is 34.7 Å². The number of halogens is 1. The molecule has 0 aromatic carbocycles. The molecule has 2 nitrogen and oxygen atoms in total. The Bertz CT molecular complexity index is 350. The highest BCUT2D eigenvalue weighted by Crippen LogP contribution is 2.38. The summed E-state index contributed by atoms with van der Waals surface area (Å²) >= 11 is 9.51. The molecule has 1 aliphatic heterocycles. The molecular formula is C12H18ClNOS2. The number of rotatable bonds is 5. The van der Waals surface area contributed by atoms with E-state index in [1.807, 2.05) is 17.8 Å². The largest absolute Gasteiger partial charge is 0.377 e. The molecule has 17 heavy (non-hydrogen) atoms. The van der Waals surface area contributed by atoms with Crippen molar-refractivity contribution in [3.05, 3.63) is 21.3 Å². The average Bonchev–Trinajstić information content (AvgIpc) is 2.90. The lowest BCUT2D eigenvalue weighted by Crippen LogP contribution is -2.23. The summed E-state index contributed by atoms with van der Waals surface area (Å²) < 4.78 is 6.48. The lowest BCUT2D eigenvalue weighted by Gasteiger charge is -2.20. The Morgan fingerprint density at radius 1 is 1.65 bits per heavy atom. The minimum Gasteiger partial charge on any atom is -0.377 e. The van der Waals surface area contributed by atoms with Gasteiger partial charge in [0.15, 0.2) is 0 Å². The number of hydrogen-bond donors (Lipinski definition) is 1. The normalized spacial score (nSPS) is 23.8. The Hall–Kier alpha value is 0.260. The summed E-state index contributed by atoms with van der Waals surface area (Å²) in [6, 6.07) is 4.17. The van der Waals surface area contributed by atoms with Gasteiger partial charge >= 0.3 is 0 Å². The van der Waals surface area contributed by atoms with Gasteiger partial charge in [-0.05, 0) is 31.9 Å². The molecule has 1 saturated heterocycles. The van der Waals surface area contributed by atoms with Crippen LogP contribution in [0.3, 0.4) is 0 Å². The van der Waals surface area contributed by atoms with Crippen LogP contribution in [0.5, 0.6) is 0 Å². The van der Waals surface area contributed by atoms with Gasteiger partial charge < -0.3 is 10.5 Å². The summed E-state index contributed by atoms with van der Waals surface area (Å²) in [5.41, 5.74) is 6.06. The van der Waals surface area contributed by atoms with Crippen molar-refractivity contribution in [2.75, 3.05) is 12.4 Å². The molecule has 1 aromatic rings. The average molecular weight is 292 g/mol. The maximum Gasteiger partial charge on any atom is 0.0931 e. The Balaban J connectivity index is 1.92. The van der Waals surface area contributed by atoms with Crippen molar-refractivity contribution in [2.24, 2.45) is 5.73 Å². The van der Waals surface area contributed by atoms with Crippen molar-refractivity contribution in [3.8, 4) is 0 Å². The van der Waals surface area contributed by atoms with Crippen LogP contribution in [0.15, 0.2) is 12.1 Å². The van der Waals surface area contributed by atoms with E-state index in [9.17, 15) is 0 Å². The molecule has 1 aliphatic rings. The van der Waals surface area contributed by atoms with Gasteiger partial charge in [-0.3, -0.25) is 0 Å². The second kappa shape index (κ2) is 6.43. The van der Waals surface area contributed by atoms with Gasteiger partial charge in [0.05, 0.1) is 15.7 Å². The zero-order chi connectivity index (χ0) is 12.3. The monoisotopic (exact) mass is 291 g/mol. The van der Waals surface area contributed by atoms with E-state index in [0.717, 1.165) is 16.7 Å². The van der Waals surface area contributed by atoms with Gasteiger partial charge in [-0.15, -0.1) is 23.1 Å². The molecule has 0 amide bonds. The lowest BCUT2D eigenvalue weighted by atomic mass is 10.2. The molecule has 0 aliphatic carbocycles. The minimum absolute atomic E-state index is 0.135. The maximum atomic E-state index is 6.06. The van der Waals surface area contributed by atoms with Crippen molar-refractivity contribution >= 4 is 34.7 Å². The predicted molar refractivity (Wildman–Crippen MR) is 77.2 cm³/mol. The van der Waals surface area contributed by atoms with Crippen molar-refractivity contribution in [1.29, 1.82) is 0 Å². The summed E-state index contributed by atoms with van der Waals surface area (Å²) in [6.45, 7) is 2.97. The molecule has 3 unspecified atom stereocenters. The van der Waals surface area contributed by atoms with Gasteiger partial charge in [0.2, 0.25) is 0 Å². The predicted octanol–water partition coefficient (Wildman–Crippen LogP) is 3.70. The third-order valence-electron chi connectivity index (χ3n) is 2.84. The molecule has 0 bridgehead atoms. The number of nitrogens with two attached hydrogens (primary N) is 1. The van der Waals surface area contributed by atoms with Crippen LogP contribution in [-0.2, 0) is 4.74 Å². The highest BCUT2D eigenvalue weighted by molar-refractivity contribution is 7.99. The van der Waals surface area contributed by atoms with Crippen LogP contribution in [0.25, 0.3) is 0 Å². The summed E-state index contributed by atoms with van der Waals surface area (Å²) in [4.78, 5) is 1.27. The molecule has 1 aromatic heterocycles. The van der Waals surface area contributed by atoms with Gasteiger partial charge in [-0.1, -0.05) is 11.6 Å². The Kier molecular flexibility index (Phi) is 5.18. The first-order chi connectivity index (χ1) is 8.16. The Morgan fingerprint density at radius 2 is 2.47 bits per heavy atom. The van der Waals surface area contributed by atoms with Crippen LogP contribution < -0.4 is 5.73 Å². The van der Waals surface area contributed by atoms with Gasteiger partial charge in [0.1, 0.15) is 0 Å². The zero-order valence-corrected chi connectivity index (χ0v) is 12.3. The first-order valence-electron chi connectivity index (χ1n) is 5.91. The van der Waals surface area contributed by atoms with Gasteiger partial charge in [-0.2, -0.15) is 0 Å². The Labute approximate surface area is 116 Å². The highest BCUT2D eigenvalue weighted by atomic mass is 35.5. The van der Waals surface area contributed by atoms with Crippen LogP contribution in [0.1, 0.15) is 29.9 Å². The smallest absolute Gasteiger partial charge is 0.0931 e. The molecular weight excluding hydrogens is 274 g/mol. The van der Waals surface area contributed by atoms with Crippen molar-refractivity contribution in [1.82, 2.24) is 0 Å². The fourth-order valence-electron chi connectivity index (χ4n) is 1.96. The third kappa shape index (κ3) is 3.86. The quantitative estimate of drug-likeness (QED) is 0.898. The summed E-state index contributed by atoms with van der Waals surface area (Å²) in [6.07, 6.45) is 2.79. The molecule has 3 atom stereocenters. The molecule has 5 heteroatoms. The van der Waals surface area contributed by atoms with E-state index in [2.05, 4.69) is 13.0 Å². The van der Waals surface area contributed by atoms with Gasteiger partial charge in [0.25, 0.3) is 0 Å². The number of thioether (sulfide) groups is 1. The first kappa shape index (κ1) is 13.7. The second-order valence-electron chi connectivity index (χ2n) is 4.39. The highest BCUT2D eigenvalue weighted by Gasteiger charge is 2.22. The van der Waals surface area contributed by atoms with Crippen LogP contribution in [0.2, 0.25) is 4.34 Å². The summed E-state index contributed by atoms with van der Waals surface area (Å²) in [5, 5.41) is 0.330. The Morgan fingerprint density at radius 3 is 3.00 bits per heavy atom. The number of hydrogen-bond acceptors (Lipinski definition) is 4. The van der Waals surface area contributed by atoms with Crippen molar-refractivity contribution < 1.29 is 4.74 Å². The number of ether oxygens (including phenoxy) is 1. The fraction of sp³-hybridized carbons (Fsp3) is 0.667. The van der Waals surface area contributed by atoms with E-state index in [1.54, 1.807) is 11.3 Å². The molecule has 1 fully saturated rings. The minimum atomic E-state index is 0.135. The number of thiophene rings is 1. The van der Waals surface area contributed by atoms with E-state index in [0.29, 0.717) is 11.4 Å². The van der Waals surface area contributed by atoms with Crippen molar-refractivity contribution in [2.45, 2.75) is 37.2 Å². The molecule has 2 heterocycles. The topological polar surface area (TPSA) is 35.2 Å². The molecule has 2 rings (SSSR count). The fourth-order valence-corrected chi connectivity index (χ4v) is 4.70. The molecule has 96 valence electrons. The molecule has 0 radical (unpaired) electrons. The zero-order valence-electron chi connectivity index (χ0n) is 9.90. The van der Waals surface area contributed by atoms with Gasteiger partial charge in [-0.25, -0.2) is 0 Å². The van der Waals surface area contributed by atoms with Crippen LogP contribution in [-0.4, -0.2) is 24.5 Å². The van der Waals surface area contributed by atoms with Crippen molar-refractivity contribution in [3.63, 3.8) is 0 Å². The second-order valence-corrected chi connectivity index (χ2v) is 7.31. The third-order valence-corrected chi connectivity index (χ3v) is 5.91. The van der Waals surface area contributed by atoms with Gasteiger partial charge in [0, 0.05) is 23.3 Å². The molecule has 0 saturated carbocycles. The van der Waals surface area contributed by atoms with E-state index in [-0.39, 0.29) is 6.04 Å². The van der Waals surface area contributed by atoms with Crippen LogP contribution in [0.4, 0.5) is 0 Å². The van der Waals surface area contributed by atoms with E-state index < -0.39 is 0 Å².